The molecule has 0 aliphatic carbocycles. The lowest BCUT2D eigenvalue weighted by atomic mass is 10.2. The van der Waals surface area contributed by atoms with Crippen molar-refractivity contribution in [2.45, 2.75) is 6.42 Å². The topological polar surface area (TPSA) is 48.8 Å². The summed E-state index contributed by atoms with van der Waals surface area (Å²) in [4.78, 5) is 2.54. The number of hydrogen-bond acceptors (Lipinski definition) is 1. The molecule has 16 heavy (non-hydrogen) atoms. The van der Waals surface area contributed by atoms with E-state index in [1.165, 1.54) is 0 Å². The summed E-state index contributed by atoms with van der Waals surface area (Å²) in [6, 6.07) is 2.03. The molecular weight excluding hydrogens is 280 g/mol. The highest BCUT2D eigenvalue weighted by Crippen LogP contribution is 2.19. The Morgan fingerprint density at radius 3 is 2.81 bits per heavy atom. The Bertz CT molecular complexity index is 499. The summed E-state index contributed by atoms with van der Waals surface area (Å²) in [5.74, 6) is 3.90. The molecule has 0 spiro atoms. The molecule has 0 saturated heterocycles. The largest absolute Gasteiger partial charge is 0.206 e. The number of nitrogens with zero attached hydrogens (tertiary/aromatic N) is 3. The number of halogens is 3. The second kappa shape index (κ2) is 6.11. The van der Waals surface area contributed by atoms with Crippen molar-refractivity contribution in [2.24, 2.45) is 5.11 Å². The first-order valence-electron chi connectivity index (χ1n) is 4.29. The van der Waals surface area contributed by atoms with Crippen molar-refractivity contribution >= 4 is 15.9 Å². The summed E-state index contributed by atoms with van der Waals surface area (Å²) < 4.78 is 26.3. The van der Waals surface area contributed by atoms with Crippen molar-refractivity contribution in [3.63, 3.8) is 0 Å². The first-order valence-corrected chi connectivity index (χ1v) is 5.08. The Kier molecular flexibility index (Phi) is 4.77. The van der Waals surface area contributed by atoms with Crippen LogP contribution in [-0.4, -0.2) is 6.54 Å². The van der Waals surface area contributed by atoms with Gasteiger partial charge in [-0.3, -0.25) is 0 Å². The predicted molar refractivity (Wildman–Crippen MR) is 59.6 cm³/mol. The molecule has 0 heterocycles. The molecule has 3 nitrogen and oxygen atoms in total. The third kappa shape index (κ3) is 3.54. The smallest absolute Gasteiger partial charge is 0.140 e. The minimum absolute atomic E-state index is 0.0124. The number of azide groups is 1. The fraction of sp³-hybridized carbons (Fsp3) is 0.200. The molecule has 0 bridgehead atoms. The Labute approximate surface area is 99.2 Å². The summed E-state index contributed by atoms with van der Waals surface area (Å²) in [5.41, 5.74) is 7.98. The molecule has 1 rings (SSSR count). The fourth-order valence-corrected chi connectivity index (χ4v) is 1.24. The van der Waals surface area contributed by atoms with Gasteiger partial charge in [0.2, 0.25) is 0 Å². The SMILES string of the molecule is [N-]=[N+]=NCCC#Cc1cc(F)c(Br)cc1F. The summed E-state index contributed by atoms with van der Waals surface area (Å²) in [6.07, 6.45) is 0.307. The van der Waals surface area contributed by atoms with Crippen LogP contribution in [0.4, 0.5) is 8.78 Å². The van der Waals surface area contributed by atoms with Gasteiger partial charge in [0.15, 0.2) is 0 Å². The molecule has 1 aromatic carbocycles. The van der Waals surface area contributed by atoms with Crippen molar-refractivity contribution in [1.29, 1.82) is 0 Å². The zero-order chi connectivity index (χ0) is 12.0. The van der Waals surface area contributed by atoms with Gasteiger partial charge in [-0.05, 0) is 33.6 Å². The van der Waals surface area contributed by atoms with Crippen LogP contribution in [0.5, 0.6) is 0 Å². The van der Waals surface area contributed by atoms with Crippen molar-refractivity contribution < 1.29 is 8.78 Å². The van der Waals surface area contributed by atoms with E-state index in [1.807, 2.05) is 0 Å². The Morgan fingerprint density at radius 1 is 1.38 bits per heavy atom. The van der Waals surface area contributed by atoms with Crippen LogP contribution in [0.25, 0.3) is 10.4 Å². The zero-order valence-electron chi connectivity index (χ0n) is 8.04. The lowest BCUT2D eigenvalue weighted by Crippen LogP contribution is -1.87. The molecule has 0 atom stereocenters. The second-order valence-electron chi connectivity index (χ2n) is 2.75. The molecule has 6 heteroatoms. The van der Waals surface area contributed by atoms with Crippen LogP contribution in [0.2, 0.25) is 0 Å². The van der Waals surface area contributed by atoms with E-state index in [2.05, 4.69) is 37.8 Å². The van der Waals surface area contributed by atoms with Crippen molar-refractivity contribution in [2.75, 3.05) is 6.54 Å². The third-order valence-corrected chi connectivity index (χ3v) is 2.24. The van der Waals surface area contributed by atoms with Crippen LogP contribution < -0.4 is 0 Å². The van der Waals surface area contributed by atoms with Gasteiger partial charge in [0.05, 0.1) is 10.0 Å². The van der Waals surface area contributed by atoms with Crippen LogP contribution in [-0.2, 0) is 0 Å². The van der Waals surface area contributed by atoms with Crippen LogP contribution in [0.15, 0.2) is 21.7 Å². The first-order chi connectivity index (χ1) is 7.65. The summed E-state index contributed by atoms with van der Waals surface area (Å²) >= 11 is 2.86. The predicted octanol–water partition coefficient (Wildman–Crippen LogP) is 3.78. The van der Waals surface area contributed by atoms with Crippen molar-refractivity contribution in [3.05, 3.63) is 44.2 Å². The molecule has 0 fully saturated rings. The number of rotatable bonds is 2. The minimum atomic E-state index is -0.593. The highest BCUT2D eigenvalue weighted by Gasteiger charge is 2.05. The van der Waals surface area contributed by atoms with Gasteiger partial charge in [-0.2, -0.15) is 0 Å². The normalized spacial score (nSPS) is 8.94. The summed E-state index contributed by atoms with van der Waals surface area (Å²) in [6.45, 7) is 0.212. The van der Waals surface area contributed by atoms with Crippen LogP contribution in [0, 0.1) is 23.5 Å². The number of hydrogen-bond donors (Lipinski definition) is 0. The van der Waals surface area contributed by atoms with E-state index < -0.39 is 11.6 Å². The van der Waals surface area contributed by atoms with E-state index in [0.717, 1.165) is 12.1 Å². The van der Waals surface area contributed by atoms with Gasteiger partial charge in [-0.15, -0.1) is 0 Å². The van der Waals surface area contributed by atoms with Gasteiger partial charge in [0.25, 0.3) is 0 Å². The maximum absolute atomic E-state index is 13.2. The molecule has 0 aliphatic rings. The molecule has 0 aromatic heterocycles. The summed E-state index contributed by atoms with van der Waals surface area (Å²) in [5, 5.41) is 3.26. The van der Waals surface area contributed by atoms with Gasteiger partial charge in [0.1, 0.15) is 11.6 Å². The van der Waals surface area contributed by atoms with E-state index in [4.69, 9.17) is 5.53 Å². The second-order valence-corrected chi connectivity index (χ2v) is 3.61. The monoisotopic (exact) mass is 285 g/mol. The molecule has 0 N–H and O–H groups in total. The van der Waals surface area contributed by atoms with Gasteiger partial charge in [-0.1, -0.05) is 17.0 Å². The van der Waals surface area contributed by atoms with E-state index >= 15 is 0 Å². The highest BCUT2D eigenvalue weighted by atomic mass is 79.9. The minimum Gasteiger partial charge on any atom is -0.206 e. The summed E-state index contributed by atoms with van der Waals surface area (Å²) in [7, 11) is 0. The van der Waals surface area contributed by atoms with Crippen LogP contribution in [0.1, 0.15) is 12.0 Å². The molecule has 0 saturated carbocycles. The molecule has 0 unspecified atom stereocenters. The van der Waals surface area contributed by atoms with E-state index in [0.29, 0.717) is 6.42 Å². The molecule has 0 amide bonds. The van der Waals surface area contributed by atoms with Crippen molar-refractivity contribution in [3.8, 4) is 11.8 Å². The molecule has 0 aliphatic heterocycles. The number of benzene rings is 1. The van der Waals surface area contributed by atoms with Crippen LogP contribution >= 0.6 is 15.9 Å². The van der Waals surface area contributed by atoms with Gasteiger partial charge in [-0.25, -0.2) is 8.78 Å². The quantitative estimate of drug-likeness (QED) is 0.198. The fourth-order valence-electron chi connectivity index (χ4n) is 0.927. The molecule has 0 radical (unpaired) electrons. The Balaban J connectivity index is 2.80. The molecule has 82 valence electrons. The Morgan fingerprint density at radius 2 is 2.12 bits per heavy atom. The zero-order valence-corrected chi connectivity index (χ0v) is 9.63. The van der Waals surface area contributed by atoms with Gasteiger partial charge in [0, 0.05) is 17.9 Å². The van der Waals surface area contributed by atoms with Crippen LogP contribution in [0.3, 0.4) is 0 Å². The first kappa shape index (κ1) is 12.5. The van der Waals surface area contributed by atoms with E-state index in [-0.39, 0.29) is 16.6 Å². The van der Waals surface area contributed by atoms with Gasteiger partial charge < -0.3 is 0 Å². The third-order valence-electron chi connectivity index (χ3n) is 1.63. The highest BCUT2D eigenvalue weighted by molar-refractivity contribution is 9.10. The lowest BCUT2D eigenvalue weighted by molar-refractivity contribution is 0.591. The maximum atomic E-state index is 13.2. The average molecular weight is 286 g/mol. The standard InChI is InChI=1S/C10H6BrF2N3/c11-8-6-9(12)7(5-10(8)13)3-1-2-4-15-16-14/h5-6H,2,4H2. The van der Waals surface area contributed by atoms with E-state index in [9.17, 15) is 8.78 Å². The molecule has 1 aromatic rings. The van der Waals surface area contributed by atoms with Crippen molar-refractivity contribution in [1.82, 2.24) is 0 Å². The lowest BCUT2D eigenvalue weighted by Gasteiger charge is -1.97. The maximum Gasteiger partial charge on any atom is 0.140 e. The Hall–Kier alpha value is -1.57. The average Bonchev–Trinajstić information content (AvgIpc) is 2.25. The molecular formula is C10H6BrF2N3. The van der Waals surface area contributed by atoms with E-state index in [1.54, 1.807) is 0 Å². The van der Waals surface area contributed by atoms with Gasteiger partial charge >= 0.3 is 0 Å².